The fourth-order valence-corrected chi connectivity index (χ4v) is 2.48. The lowest BCUT2D eigenvalue weighted by Crippen LogP contribution is -2.31. The molecule has 1 aromatic carbocycles. The van der Waals surface area contributed by atoms with Crippen LogP contribution < -0.4 is 11.3 Å². The fraction of sp³-hybridized carbons (Fsp3) is 0.182. The molecule has 0 fully saturated rings. The number of hydrogen-bond donors (Lipinski definition) is 2. The smallest absolute Gasteiger partial charge is 0.131 e. The zero-order valence-electron chi connectivity index (χ0n) is 9.19. The lowest BCUT2D eigenvalue weighted by Gasteiger charge is -2.17. The lowest BCUT2D eigenvalue weighted by atomic mass is 10.1. The van der Waals surface area contributed by atoms with Crippen molar-refractivity contribution in [2.24, 2.45) is 12.9 Å². The van der Waals surface area contributed by atoms with Crippen molar-refractivity contribution in [1.29, 1.82) is 0 Å². The van der Waals surface area contributed by atoms with Crippen molar-refractivity contribution in [3.8, 4) is 0 Å². The Bertz CT molecular complexity index is 526. The highest BCUT2D eigenvalue weighted by Gasteiger charge is 2.19. The lowest BCUT2D eigenvalue weighted by molar-refractivity contribution is 0.580. The molecule has 0 bridgehead atoms. The molecule has 4 nitrogen and oxygen atoms in total. The number of nitrogens with one attached hydrogen (secondary N) is 1. The van der Waals surface area contributed by atoms with E-state index in [-0.39, 0.29) is 6.04 Å². The Morgan fingerprint density at radius 1 is 1.53 bits per heavy atom. The summed E-state index contributed by atoms with van der Waals surface area (Å²) >= 11 is 9.58. The molecule has 0 saturated carbocycles. The Morgan fingerprint density at radius 2 is 2.29 bits per heavy atom. The monoisotopic (exact) mass is 314 g/mol. The maximum atomic E-state index is 6.21. The van der Waals surface area contributed by atoms with E-state index >= 15 is 0 Å². The van der Waals surface area contributed by atoms with Gasteiger partial charge in [0, 0.05) is 28.9 Å². The minimum Gasteiger partial charge on any atom is -0.336 e. The third kappa shape index (κ3) is 2.52. The van der Waals surface area contributed by atoms with Gasteiger partial charge < -0.3 is 4.57 Å². The van der Waals surface area contributed by atoms with E-state index in [4.69, 9.17) is 17.4 Å². The molecule has 0 spiro atoms. The summed E-state index contributed by atoms with van der Waals surface area (Å²) in [6, 6.07) is 5.46. The molecule has 2 rings (SSSR count). The van der Waals surface area contributed by atoms with Gasteiger partial charge >= 0.3 is 0 Å². The molecule has 0 saturated heterocycles. The van der Waals surface area contributed by atoms with Crippen LogP contribution in [0.15, 0.2) is 35.1 Å². The molecule has 6 heteroatoms. The number of imidazole rings is 1. The second-order valence-electron chi connectivity index (χ2n) is 3.66. The third-order valence-electron chi connectivity index (χ3n) is 2.56. The van der Waals surface area contributed by atoms with Crippen LogP contribution in [0.5, 0.6) is 0 Å². The second kappa shape index (κ2) is 5.18. The maximum absolute atomic E-state index is 6.21. The average molecular weight is 316 g/mol. The summed E-state index contributed by atoms with van der Waals surface area (Å²) in [4.78, 5) is 4.28. The number of hydrazine groups is 1. The number of rotatable bonds is 3. The van der Waals surface area contributed by atoms with Crippen LogP contribution in [0.4, 0.5) is 0 Å². The summed E-state index contributed by atoms with van der Waals surface area (Å²) in [5, 5.41) is 0.644. The molecule has 0 aliphatic carbocycles. The Labute approximate surface area is 113 Å². The molecule has 90 valence electrons. The predicted octanol–water partition coefficient (Wildman–Crippen LogP) is 2.39. The SMILES string of the molecule is Cn1ccnc1C(NN)c1ccc(Br)cc1Cl. The van der Waals surface area contributed by atoms with Crippen molar-refractivity contribution in [2.45, 2.75) is 6.04 Å². The van der Waals surface area contributed by atoms with E-state index < -0.39 is 0 Å². The first-order valence-electron chi connectivity index (χ1n) is 5.01. The summed E-state index contributed by atoms with van der Waals surface area (Å²) in [7, 11) is 1.92. The molecular formula is C11H12BrClN4. The van der Waals surface area contributed by atoms with Gasteiger partial charge in [-0.05, 0) is 17.7 Å². The Balaban J connectivity index is 2.46. The molecular weight excluding hydrogens is 304 g/mol. The van der Waals surface area contributed by atoms with Crippen molar-refractivity contribution < 1.29 is 0 Å². The van der Waals surface area contributed by atoms with Crippen molar-refractivity contribution in [1.82, 2.24) is 15.0 Å². The third-order valence-corrected chi connectivity index (χ3v) is 3.38. The van der Waals surface area contributed by atoms with Crippen LogP contribution in [-0.2, 0) is 7.05 Å². The summed E-state index contributed by atoms with van der Waals surface area (Å²) in [6.45, 7) is 0. The van der Waals surface area contributed by atoms with Crippen molar-refractivity contribution in [3.05, 3.63) is 51.5 Å². The second-order valence-corrected chi connectivity index (χ2v) is 4.98. The van der Waals surface area contributed by atoms with Crippen LogP contribution in [0.1, 0.15) is 17.4 Å². The number of nitrogens with two attached hydrogens (primary N) is 1. The first-order valence-corrected chi connectivity index (χ1v) is 6.19. The van der Waals surface area contributed by atoms with Gasteiger partial charge in [0.05, 0.1) is 0 Å². The number of aromatic nitrogens is 2. The van der Waals surface area contributed by atoms with E-state index in [1.807, 2.05) is 36.0 Å². The van der Waals surface area contributed by atoms with Gasteiger partial charge in [0.15, 0.2) is 0 Å². The fourth-order valence-electron chi connectivity index (χ4n) is 1.69. The number of nitrogens with zero attached hydrogens (tertiary/aromatic N) is 2. The predicted molar refractivity (Wildman–Crippen MR) is 71.5 cm³/mol. The van der Waals surface area contributed by atoms with Crippen molar-refractivity contribution >= 4 is 27.5 Å². The Kier molecular flexibility index (Phi) is 3.83. The van der Waals surface area contributed by atoms with Crippen molar-refractivity contribution in [2.75, 3.05) is 0 Å². The van der Waals surface area contributed by atoms with Crippen LogP contribution in [0, 0.1) is 0 Å². The van der Waals surface area contributed by atoms with Crippen LogP contribution in [0.2, 0.25) is 5.02 Å². The van der Waals surface area contributed by atoms with E-state index in [0.29, 0.717) is 5.02 Å². The molecule has 1 unspecified atom stereocenters. The molecule has 0 amide bonds. The van der Waals surface area contributed by atoms with Gasteiger partial charge in [-0.2, -0.15) is 0 Å². The van der Waals surface area contributed by atoms with E-state index in [2.05, 4.69) is 26.3 Å². The van der Waals surface area contributed by atoms with Crippen molar-refractivity contribution in [3.63, 3.8) is 0 Å². The highest BCUT2D eigenvalue weighted by molar-refractivity contribution is 9.10. The van der Waals surface area contributed by atoms with Crippen LogP contribution >= 0.6 is 27.5 Å². The summed E-state index contributed by atoms with van der Waals surface area (Å²) in [6.07, 6.45) is 3.60. The van der Waals surface area contributed by atoms with Gasteiger partial charge in [0.25, 0.3) is 0 Å². The first kappa shape index (κ1) is 12.6. The molecule has 1 heterocycles. The first-order chi connectivity index (χ1) is 8.13. The average Bonchev–Trinajstić information content (AvgIpc) is 2.69. The van der Waals surface area contributed by atoms with Gasteiger partial charge in [-0.3, -0.25) is 5.84 Å². The Hall–Kier alpha value is -0.880. The molecule has 1 atom stereocenters. The number of hydrogen-bond acceptors (Lipinski definition) is 3. The van der Waals surface area contributed by atoms with E-state index in [1.54, 1.807) is 6.20 Å². The quantitative estimate of drug-likeness (QED) is 0.675. The largest absolute Gasteiger partial charge is 0.336 e. The van der Waals surface area contributed by atoms with Gasteiger partial charge in [-0.1, -0.05) is 33.6 Å². The standard InChI is InChI=1S/C11H12BrClN4/c1-17-5-4-15-11(17)10(16-14)8-3-2-7(12)6-9(8)13/h2-6,10,16H,14H2,1H3. The zero-order valence-corrected chi connectivity index (χ0v) is 11.5. The summed E-state index contributed by atoms with van der Waals surface area (Å²) in [5.41, 5.74) is 3.63. The summed E-state index contributed by atoms with van der Waals surface area (Å²) < 4.78 is 2.84. The number of halogens is 2. The molecule has 0 radical (unpaired) electrons. The van der Waals surface area contributed by atoms with Crippen LogP contribution in [-0.4, -0.2) is 9.55 Å². The Morgan fingerprint density at radius 3 is 2.82 bits per heavy atom. The normalized spacial score (nSPS) is 12.7. The van der Waals surface area contributed by atoms with Gasteiger partial charge in [0.1, 0.15) is 11.9 Å². The number of aryl methyl sites for hydroxylation is 1. The number of benzene rings is 1. The van der Waals surface area contributed by atoms with Gasteiger partial charge in [-0.15, -0.1) is 0 Å². The van der Waals surface area contributed by atoms with Gasteiger partial charge in [-0.25, -0.2) is 10.4 Å². The molecule has 0 aliphatic rings. The maximum Gasteiger partial charge on any atom is 0.131 e. The van der Waals surface area contributed by atoms with Gasteiger partial charge in [0.2, 0.25) is 0 Å². The van der Waals surface area contributed by atoms with Crippen LogP contribution in [0.3, 0.4) is 0 Å². The zero-order chi connectivity index (χ0) is 12.4. The van der Waals surface area contributed by atoms with E-state index in [1.165, 1.54) is 0 Å². The van der Waals surface area contributed by atoms with E-state index in [0.717, 1.165) is 15.9 Å². The summed E-state index contributed by atoms with van der Waals surface area (Å²) in [5.74, 6) is 6.41. The topological polar surface area (TPSA) is 55.9 Å². The highest BCUT2D eigenvalue weighted by Crippen LogP contribution is 2.29. The molecule has 1 aromatic heterocycles. The van der Waals surface area contributed by atoms with E-state index in [9.17, 15) is 0 Å². The molecule has 3 N–H and O–H groups in total. The minimum atomic E-state index is -0.226. The highest BCUT2D eigenvalue weighted by atomic mass is 79.9. The molecule has 0 aliphatic heterocycles. The molecule has 17 heavy (non-hydrogen) atoms. The van der Waals surface area contributed by atoms with Crippen LogP contribution in [0.25, 0.3) is 0 Å². The minimum absolute atomic E-state index is 0.226. The molecule has 2 aromatic rings.